The Kier molecular flexibility index (Phi) is 11.4. The summed E-state index contributed by atoms with van der Waals surface area (Å²) in [7, 11) is 0. The van der Waals surface area contributed by atoms with Crippen molar-refractivity contribution >= 4 is 33.7 Å². The SMILES string of the molecule is Oc1cccc(C2=C3C=CC(=C(c4c(F)c(F)c(OCC(F)(F)C(F)(F)C(F)(F)C(F)F)c(F)c4F)C4=NC(=C(c5cccc(O)c5)c5ccc([nH]5)C(c5cccc(O)c5)=C5C=CC2=N5)C=C4)C3)c1. The molecule has 0 spiro atoms. The summed E-state index contributed by atoms with van der Waals surface area (Å²) < 4.78 is 179. The normalized spacial score (nSPS) is 16.2. The number of aromatic hydroxyl groups is 3. The third-order valence-corrected chi connectivity index (χ3v) is 11.5. The summed E-state index contributed by atoms with van der Waals surface area (Å²) in [4.78, 5) is 13.0. The van der Waals surface area contributed by atoms with Crippen molar-refractivity contribution in [3.63, 3.8) is 0 Å². The Morgan fingerprint density at radius 3 is 1.43 bits per heavy atom. The molecule has 4 aliphatic rings. The molecule has 4 aromatic carbocycles. The molecule has 1 aliphatic carbocycles. The largest absolute Gasteiger partial charge is 0.508 e. The first-order valence-corrected chi connectivity index (χ1v) is 20.3. The van der Waals surface area contributed by atoms with Gasteiger partial charge in [0.1, 0.15) is 17.2 Å². The van der Waals surface area contributed by atoms with E-state index in [9.17, 15) is 50.4 Å². The van der Waals surface area contributed by atoms with Gasteiger partial charge in [0.2, 0.25) is 11.6 Å². The number of alkyl halides is 8. The van der Waals surface area contributed by atoms with E-state index < -0.39 is 71.0 Å². The number of allylic oxidation sites excluding steroid dienone is 10. The van der Waals surface area contributed by atoms with Crippen molar-refractivity contribution < 1.29 is 72.7 Å². The smallest absolute Gasteiger partial charge is 0.381 e. The second kappa shape index (κ2) is 17.0. The van der Waals surface area contributed by atoms with Gasteiger partial charge in [-0.25, -0.2) is 27.5 Å². The van der Waals surface area contributed by atoms with Gasteiger partial charge in [-0.05, 0) is 107 Å². The van der Waals surface area contributed by atoms with Gasteiger partial charge in [0.15, 0.2) is 24.0 Å². The number of rotatable bonds is 10. The minimum Gasteiger partial charge on any atom is -0.508 e. The Balaban J connectivity index is 1.29. The fourth-order valence-corrected chi connectivity index (χ4v) is 8.25. The molecule has 0 radical (unpaired) electrons. The molecule has 19 heteroatoms. The van der Waals surface area contributed by atoms with E-state index in [1.807, 2.05) is 0 Å². The molecule has 0 fully saturated rings. The Labute approximate surface area is 381 Å². The van der Waals surface area contributed by atoms with Crippen molar-refractivity contribution in [2.75, 3.05) is 6.61 Å². The van der Waals surface area contributed by atoms with Gasteiger partial charge >= 0.3 is 24.2 Å². The number of aromatic amines is 1. The summed E-state index contributed by atoms with van der Waals surface area (Å²) in [6, 6.07) is 21.6. The van der Waals surface area contributed by atoms with Crippen LogP contribution in [0.1, 0.15) is 40.1 Å². The van der Waals surface area contributed by atoms with Gasteiger partial charge in [0.25, 0.3) is 0 Å². The Morgan fingerprint density at radius 1 is 0.551 bits per heavy atom. The zero-order chi connectivity index (χ0) is 49.3. The van der Waals surface area contributed by atoms with E-state index in [1.54, 1.807) is 48.6 Å². The van der Waals surface area contributed by atoms with Gasteiger partial charge in [0, 0.05) is 33.7 Å². The molecule has 4 N–H and O–H groups in total. The number of hydrogen-bond donors (Lipinski definition) is 4. The molecule has 0 amide bonds. The molecule has 8 bridgehead atoms. The average molecular weight is 964 g/mol. The molecule has 7 nitrogen and oxygen atoms in total. The number of phenols is 3. The van der Waals surface area contributed by atoms with E-state index in [-0.39, 0.29) is 46.2 Å². The van der Waals surface area contributed by atoms with Crippen LogP contribution in [-0.2, 0) is 0 Å². The van der Waals surface area contributed by atoms with Crippen LogP contribution < -0.4 is 4.74 Å². The maximum atomic E-state index is 16.6. The van der Waals surface area contributed by atoms with Gasteiger partial charge in [-0.1, -0.05) is 48.6 Å². The van der Waals surface area contributed by atoms with Crippen LogP contribution in [0.15, 0.2) is 154 Å². The van der Waals surface area contributed by atoms with Crippen LogP contribution in [-0.4, -0.2) is 62.5 Å². The fourth-order valence-electron chi connectivity index (χ4n) is 8.25. The van der Waals surface area contributed by atoms with Crippen molar-refractivity contribution in [1.82, 2.24) is 4.98 Å². The van der Waals surface area contributed by atoms with Crippen LogP contribution in [0, 0.1) is 23.3 Å². The van der Waals surface area contributed by atoms with E-state index in [0.717, 1.165) is 0 Å². The van der Waals surface area contributed by atoms with Crippen LogP contribution in [0.5, 0.6) is 23.0 Å². The molecular weight excluding hydrogens is 935 g/mol. The van der Waals surface area contributed by atoms with Crippen molar-refractivity contribution in [3.8, 4) is 23.0 Å². The molecule has 352 valence electrons. The van der Waals surface area contributed by atoms with Crippen molar-refractivity contribution in [3.05, 3.63) is 201 Å². The molecule has 69 heavy (non-hydrogen) atoms. The number of aliphatic imine (C=N–C) groups is 2. The highest BCUT2D eigenvalue weighted by molar-refractivity contribution is 6.34. The van der Waals surface area contributed by atoms with Crippen LogP contribution in [0.4, 0.5) is 52.7 Å². The number of aromatic nitrogens is 1. The average Bonchev–Trinajstić information content (AvgIpc) is 4.15. The van der Waals surface area contributed by atoms with Gasteiger partial charge in [-0.2, -0.15) is 35.1 Å². The van der Waals surface area contributed by atoms with Gasteiger partial charge in [0.05, 0.1) is 28.4 Å². The minimum atomic E-state index is -6.88. The number of H-pyrrole nitrogens is 1. The highest BCUT2D eigenvalue weighted by Crippen LogP contribution is 2.50. The van der Waals surface area contributed by atoms with Crippen LogP contribution in [0.2, 0.25) is 0 Å². The standard InChI is InChI=1S/C50H29F12N3O4/c51-42-41(43(52)45(54)46(44(42)53)69-22-48(57,58)50(61,62)49(59,60)47(55)56)40-27-11-10-26(18-27)37(23-4-1-7-28(66)19-23)31-12-13-32(63-31)38(24-5-2-8-29(67)20-24)33-14-15-34(64-33)39(35-16-17-36(40)65-35)25-6-3-9-30(68)21-25/h1-17,19-21,47,64,66-68H,18,22H2. The van der Waals surface area contributed by atoms with Crippen molar-refractivity contribution in [1.29, 1.82) is 0 Å². The highest BCUT2D eigenvalue weighted by atomic mass is 19.4. The first-order valence-electron chi connectivity index (χ1n) is 20.3. The van der Waals surface area contributed by atoms with Crippen LogP contribution in [0.25, 0.3) is 22.3 Å². The predicted molar refractivity (Wildman–Crippen MR) is 231 cm³/mol. The summed E-state index contributed by atoms with van der Waals surface area (Å²) in [5.41, 5.74) is 1.65. The summed E-state index contributed by atoms with van der Waals surface area (Å²) in [5.74, 6) is -32.5. The lowest BCUT2D eigenvalue weighted by molar-refractivity contribution is -0.342. The van der Waals surface area contributed by atoms with Gasteiger partial charge < -0.3 is 25.0 Å². The Hall–Kier alpha value is -7.96. The number of phenolic OH excluding ortho intramolecular Hbond substituents is 3. The summed E-state index contributed by atoms with van der Waals surface area (Å²) in [6.07, 6.45) is 3.11. The van der Waals surface area contributed by atoms with E-state index in [1.165, 1.54) is 72.8 Å². The van der Waals surface area contributed by atoms with Crippen LogP contribution in [0.3, 0.4) is 0 Å². The predicted octanol–water partition coefficient (Wildman–Crippen LogP) is 12.7. The number of nitrogens with zero attached hydrogens (tertiary/aromatic N) is 2. The molecule has 0 atom stereocenters. The van der Waals surface area contributed by atoms with Crippen molar-refractivity contribution in [2.45, 2.75) is 30.6 Å². The number of nitrogens with one attached hydrogen (secondary N) is 1. The van der Waals surface area contributed by atoms with Gasteiger partial charge in [-0.15, -0.1) is 0 Å². The van der Waals surface area contributed by atoms with Crippen LogP contribution >= 0.6 is 0 Å². The Morgan fingerprint density at radius 2 is 0.986 bits per heavy atom. The van der Waals surface area contributed by atoms with Crippen molar-refractivity contribution in [2.24, 2.45) is 9.98 Å². The third kappa shape index (κ3) is 7.90. The molecule has 3 aliphatic heterocycles. The first-order chi connectivity index (χ1) is 32.7. The third-order valence-electron chi connectivity index (χ3n) is 11.5. The second-order valence-electron chi connectivity index (χ2n) is 15.9. The maximum Gasteiger partial charge on any atom is 0.381 e. The first kappa shape index (κ1) is 46.2. The monoisotopic (exact) mass is 963 g/mol. The van der Waals surface area contributed by atoms with E-state index in [0.29, 0.717) is 56.2 Å². The number of benzene rings is 4. The molecule has 5 aromatic rings. The fraction of sp³-hybridized carbons (Fsp3) is 0.120. The highest BCUT2D eigenvalue weighted by Gasteiger charge is 2.75. The summed E-state index contributed by atoms with van der Waals surface area (Å²) in [5, 5.41) is 31.7. The lowest BCUT2D eigenvalue weighted by Crippen LogP contribution is -2.59. The topological polar surface area (TPSA) is 110 Å². The lowest BCUT2D eigenvalue weighted by atomic mass is 9.90. The second-order valence-corrected chi connectivity index (χ2v) is 15.9. The van der Waals surface area contributed by atoms with E-state index in [2.05, 4.69) is 14.7 Å². The number of hydrogen-bond acceptors (Lipinski definition) is 6. The zero-order valence-electron chi connectivity index (χ0n) is 34.7. The Bertz CT molecular complexity index is 3270. The van der Waals surface area contributed by atoms with E-state index >= 15 is 17.6 Å². The number of ether oxygens (including phenoxy) is 1. The maximum absolute atomic E-state index is 16.6. The lowest BCUT2D eigenvalue weighted by Gasteiger charge is -2.32. The molecule has 0 unspecified atom stereocenters. The molecular formula is C50H29F12N3O4. The molecule has 1 aromatic heterocycles. The zero-order valence-corrected chi connectivity index (χ0v) is 34.7. The molecule has 0 saturated heterocycles. The summed E-state index contributed by atoms with van der Waals surface area (Å²) in [6.45, 7) is -3.14. The number of fused-ring (bicyclic) bond motifs is 6. The summed E-state index contributed by atoms with van der Waals surface area (Å²) >= 11 is 0. The number of halogens is 12. The van der Waals surface area contributed by atoms with Gasteiger partial charge in [-0.3, -0.25) is 0 Å². The quantitative estimate of drug-likeness (QED) is 0.0825. The molecule has 9 rings (SSSR count). The van der Waals surface area contributed by atoms with E-state index in [4.69, 9.17) is 4.99 Å². The molecule has 0 saturated carbocycles. The minimum absolute atomic E-state index is 0.0467. The molecule has 4 heterocycles.